The normalized spacial score (nSPS) is 33.6. The van der Waals surface area contributed by atoms with E-state index in [1.54, 1.807) is 0 Å². The third kappa shape index (κ3) is 1.33. The highest BCUT2D eigenvalue weighted by molar-refractivity contribution is 5.53. The first kappa shape index (κ1) is 11.2. The molecule has 104 valence electrons. The van der Waals surface area contributed by atoms with Gasteiger partial charge in [0, 0.05) is 25.0 Å². The van der Waals surface area contributed by atoms with Crippen LogP contribution in [-0.4, -0.2) is 35.5 Å². The van der Waals surface area contributed by atoms with Gasteiger partial charge in [-0.3, -0.25) is 4.90 Å². The van der Waals surface area contributed by atoms with Gasteiger partial charge in [0.25, 0.3) is 0 Å². The molecular formula is C16H17NO3. The van der Waals surface area contributed by atoms with Crippen molar-refractivity contribution in [3.63, 3.8) is 0 Å². The van der Waals surface area contributed by atoms with Crippen molar-refractivity contribution < 1.29 is 14.6 Å². The Bertz CT molecular complexity index is 624. The van der Waals surface area contributed by atoms with Crippen molar-refractivity contribution in [3.05, 3.63) is 34.9 Å². The van der Waals surface area contributed by atoms with E-state index < -0.39 is 0 Å². The van der Waals surface area contributed by atoms with Crippen molar-refractivity contribution in [2.24, 2.45) is 0 Å². The summed E-state index contributed by atoms with van der Waals surface area (Å²) >= 11 is 0. The van der Waals surface area contributed by atoms with E-state index in [1.807, 2.05) is 0 Å². The highest BCUT2D eigenvalue weighted by Gasteiger charge is 2.46. The zero-order valence-corrected chi connectivity index (χ0v) is 11.2. The molecule has 0 saturated carbocycles. The molecule has 1 N–H and O–H groups in total. The van der Waals surface area contributed by atoms with Gasteiger partial charge in [-0.2, -0.15) is 0 Å². The van der Waals surface area contributed by atoms with Crippen LogP contribution in [0.4, 0.5) is 0 Å². The summed E-state index contributed by atoms with van der Waals surface area (Å²) in [6.07, 6.45) is 3.89. The molecule has 20 heavy (non-hydrogen) atoms. The molecule has 5 rings (SSSR count). The SMILES string of the molecule is O[C@H]1CC=C2CCN3Cc4cc5c(cc4[C@H]1[C@H]23)OCO5. The van der Waals surface area contributed by atoms with Crippen LogP contribution in [0.15, 0.2) is 23.8 Å². The quantitative estimate of drug-likeness (QED) is 0.730. The van der Waals surface area contributed by atoms with Crippen LogP contribution in [0.25, 0.3) is 0 Å². The smallest absolute Gasteiger partial charge is 0.231 e. The van der Waals surface area contributed by atoms with Gasteiger partial charge in [0.05, 0.1) is 6.10 Å². The number of aliphatic hydroxyl groups excluding tert-OH is 1. The molecule has 1 aromatic rings. The Labute approximate surface area is 117 Å². The predicted molar refractivity (Wildman–Crippen MR) is 72.8 cm³/mol. The molecule has 1 aromatic carbocycles. The van der Waals surface area contributed by atoms with Crippen LogP contribution >= 0.6 is 0 Å². The highest BCUT2D eigenvalue weighted by atomic mass is 16.7. The van der Waals surface area contributed by atoms with Crippen LogP contribution in [0.1, 0.15) is 29.9 Å². The fourth-order valence-corrected chi connectivity index (χ4v) is 4.32. The van der Waals surface area contributed by atoms with E-state index >= 15 is 0 Å². The molecule has 0 aromatic heterocycles. The molecule has 3 atom stereocenters. The average Bonchev–Trinajstić information content (AvgIpc) is 3.06. The van der Waals surface area contributed by atoms with E-state index in [0.29, 0.717) is 12.8 Å². The van der Waals surface area contributed by atoms with Gasteiger partial charge in [0.2, 0.25) is 6.79 Å². The fraction of sp³-hybridized carbons (Fsp3) is 0.500. The third-order valence-corrected chi connectivity index (χ3v) is 5.20. The summed E-state index contributed by atoms with van der Waals surface area (Å²) in [5, 5.41) is 10.5. The standard InChI is InChI=1S/C16H17NO3/c18-12-2-1-9-3-4-17-7-10-5-13-14(20-8-19-13)6-11(10)15(12)16(9)17/h1,5-6,12,15-16,18H,2-4,7-8H2/t12-,15+,16-/m0/s1. The topological polar surface area (TPSA) is 41.9 Å². The lowest BCUT2D eigenvalue weighted by atomic mass is 9.74. The second-order valence-electron chi connectivity index (χ2n) is 6.18. The highest BCUT2D eigenvalue weighted by Crippen LogP contribution is 2.49. The first-order valence-corrected chi connectivity index (χ1v) is 7.35. The fourth-order valence-electron chi connectivity index (χ4n) is 4.32. The molecule has 1 saturated heterocycles. The molecule has 0 radical (unpaired) electrons. The molecule has 4 heteroatoms. The number of rotatable bonds is 0. The maximum Gasteiger partial charge on any atom is 0.231 e. The lowest BCUT2D eigenvalue weighted by Crippen LogP contribution is -2.45. The van der Waals surface area contributed by atoms with Gasteiger partial charge >= 0.3 is 0 Å². The Balaban J connectivity index is 1.70. The first-order chi connectivity index (χ1) is 9.81. The molecule has 0 bridgehead atoms. The molecule has 1 aliphatic carbocycles. The van der Waals surface area contributed by atoms with E-state index in [0.717, 1.165) is 37.4 Å². The van der Waals surface area contributed by atoms with Crippen LogP contribution in [0.3, 0.4) is 0 Å². The molecule has 0 spiro atoms. The minimum Gasteiger partial charge on any atom is -0.454 e. The van der Waals surface area contributed by atoms with Gasteiger partial charge in [-0.1, -0.05) is 11.6 Å². The van der Waals surface area contributed by atoms with Crippen molar-refractivity contribution in [3.8, 4) is 11.5 Å². The zero-order valence-electron chi connectivity index (χ0n) is 11.2. The monoisotopic (exact) mass is 271 g/mol. The number of hydrogen-bond acceptors (Lipinski definition) is 4. The maximum atomic E-state index is 10.5. The molecule has 4 aliphatic rings. The number of benzene rings is 1. The molecular weight excluding hydrogens is 254 g/mol. The minimum absolute atomic E-state index is 0.191. The van der Waals surface area contributed by atoms with Gasteiger partial charge in [-0.05, 0) is 36.1 Å². The number of hydrogen-bond donors (Lipinski definition) is 1. The summed E-state index contributed by atoms with van der Waals surface area (Å²) in [6.45, 7) is 2.37. The third-order valence-electron chi connectivity index (χ3n) is 5.20. The molecule has 0 amide bonds. The minimum atomic E-state index is -0.288. The largest absolute Gasteiger partial charge is 0.454 e. The number of fused-ring (bicyclic) bond motifs is 3. The molecule has 3 aliphatic heterocycles. The summed E-state index contributed by atoms with van der Waals surface area (Å²) in [6, 6.07) is 4.60. The molecule has 3 heterocycles. The Morgan fingerprint density at radius 3 is 2.95 bits per heavy atom. The molecule has 0 unspecified atom stereocenters. The van der Waals surface area contributed by atoms with E-state index in [1.165, 1.54) is 16.7 Å². The van der Waals surface area contributed by atoms with Crippen molar-refractivity contribution in [2.75, 3.05) is 13.3 Å². The number of ether oxygens (including phenoxy) is 2. The van der Waals surface area contributed by atoms with Crippen LogP contribution in [0.5, 0.6) is 11.5 Å². The van der Waals surface area contributed by atoms with Gasteiger partial charge in [0.15, 0.2) is 11.5 Å². The van der Waals surface area contributed by atoms with Crippen molar-refractivity contribution >= 4 is 0 Å². The average molecular weight is 271 g/mol. The van der Waals surface area contributed by atoms with Crippen molar-refractivity contribution in [2.45, 2.75) is 37.5 Å². The summed E-state index contributed by atoms with van der Waals surface area (Å²) in [7, 11) is 0. The Hall–Kier alpha value is -1.52. The van der Waals surface area contributed by atoms with Crippen molar-refractivity contribution in [1.29, 1.82) is 0 Å². The number of aliphatic hydroxyl groups is 1. The summed E-state index contributed by atoms with van der Waals surface area (Å²) in [5.41, 5.74) is 4.07. The van der Waals surface area contributed by atoms with E-state index in [4.69, 9.17) is 9.47 Å². The Morgan fingerprint density at radius 2 is 2.05 bits per heavy atom. The second-order valence-corrected chi connectivity index (χ2v) is 6.18. The van der Waals surface area contributed by atoms with Crippen LogP contribution < -0.4 is 9.47 Å². The van der Waals surface area contributed by atoms with E-state index in [-0.39, 0.29) is 12.0 Å². The van der Waals surface area contributed by atoms with Crippen LogP contribution in [-0.2, 0) is 6.54 Å². The van der Waals surface area contributed by atoms with E-state index in [2.05, 4.69) is 23.1 Å². The Kier molecular flexibility index (Phi) is 2.11. The van der Waals surface area contributed by atoms with Crippen LogP contribution in [0.2, 0.25) is 0 Å². The van der Waals surface area contributed by atoms with E-state index in [9.17, 15) is 5.11 Å². The Morgan fingerprint density at radius 1 is 1.20 bits per heavy atom. The van der Waals surface area contributed by atoms with Gasteiger partial charge < -0.3 is 14.6 Å². The van der Waals surface area contributed by atoms with Gasteiger partial charge in [-0.15, -0.1) is 0 Å². The van der Waals surface area contributed by atoms with Gasteiger partial charge in [0.1, 0.15) is 0 Å². The predicted octanol–water partition coefficient (Wildman–Crippen LogP) is 1.78. The second kappa shape index (κ2) is 3.77. The van der Waals surface area contributed by atoms with Crippen molar-refractivity contribution in [1.82, 2.24) is 4.90 Å². The first-order valence-electron chi connectivity index (χ1n) is 7.35. The number of nitrogens with zero attached hydrogens (tertiary/aromatic N) is 1. The lowest BCUT2D eigenvalue weighted by Gasteiger charge is -2.43. The van der Waals surface area contributed by atoms with Crippen LogP contribution in [0, 0.1) is 0 Å². The zero-order chi connectivity index (χ0) is 13.3. The summed E-state index contributed by atoms with van der Waals surface area (Å²) in [4.78, 5) is 2.50. The summed E-state index contributed by atoms with van der Waals surface area (Å²) < 4.78 is 11.0. The summed E-state index contributed by atoms with van der Waals surface area (Å²) in [5.74, 6) is 1.87. The maximum absolute atomic E-state index is 10.5. The lowest BCUT2D eigenvalue weighted by molar-refractivity contribution is 0.0830. The molecule has 1 fully saturated rings. The van der Waals surface area contributed by atoms with Gasteiger partial charge in [-0.25, -0.2) is 0 Å². The molecule has 4 nitrogen and oxygen atoms in total.